The molecular weight excluding hydrogens is 281 g/mol. The molecule has 0 unspecified atom stereocenters. The Hall–Kier alpha value is -1.06. The molecule has 102 valence electrons. The van der Waals surface area contributed by atoms with Gasteiger partial charge in [-0.1, -0.05) is 32.4 Å². The van der Waals surface area contributed by atoms with Crippen molar-refractivity contribution in [3.8, 4) is 0 Å². The smallest absolute Gasteiger partial charge is 0.143 e. The number of nitrogens with one attached hydrogen (secondary N) is 1. The van der Waals surface area contributed by atoms with E-state index in [-0.39, 0.29) is 10.4 Å². The summed E-state index contributed by atoms with van der Waals surface area (Å²) in [5.41, 5.74) is 0.919. The Balaban J connectivity index is 2.02. The van der Waals surface area contributed by atoms with Crippen LogP contribution in [-0.2, 0) is 12.0 Å². The van der Waals surface area contributed by atoms with E-state index < -0.39 is 5.82 Å². The first-order valence-electron chi connectivity index (χ1n) is 6.14. The molecule has 2 aromatic rings. The van der Waals surface area contributed by atoms with Crippen LogP contribution in [0.5, 0.6) is 0 Å². The number of hydrogen-bond donors (Lipinski definition) is 1. The van der Waals surface area contributed by atoms with Crippen LogP contribution in [0, 0.1) is 5.82 Å². The summed E-state index contributed by atoms with van der Waals surface area (Å²) in [5.74, 6) is -0.395. The maximum Gasteiger partial charge on any atom is 0.143 e. The fraction of sp³-hybridized carbons (Fsp3) is 0.333. The van der Waals surface area contributed by atoms with Crippen LogP contribution < -0.4 is 5.32 Å². The van der Waals surface area contributed by atoms with Crippen LogP contribution in [0.3, 0.4) is 0 Å². The quantitative estimate of drug-likeness (QED) is 0.794. The number of rotatable bonds is 3. The molecule has 0 aliphatic carbocycles. The van der Waals surface area contributed by atoms with E-state index in [9.17, 15) is 4.39 Å². The molecule has 0 fully saturated rings. The molecule has 0 aliphatic rings. The molecule has 1 aromatic carbocycles. The van der Waals surface area contributed by atoms with Crippen molar-refractivity contribution in [3.05, 3.63) is 50.9 Å². The standard InChI is InChI=1S/C15H17ClFNS/c1-15(2,3)14-7-5-11(19-14)9-18-10-4-6-12(16)13(17)8-10/h4-8,18H,9H2,1-3H3. The van der Waals surface area contributed by atoms with E-state index in [2.05, 4.69) is 38.2 Å². The molecule has 2 rings (SSSR count). The molecule has 1 nitrogen and oxygen atoms in total. The molecule has 0 spiro atoms. The number of thiophene rings is 1. The van der Waals surface area contributed by atoms with Crippen molar-refractivity contribution >= 4 is 28.6 Å². The maximum atomic E-state index is 13.3. The Morgan fingerprint density at radius 1 is 1.21 bits per heavy atom. The van der Waals surface area contributed by atoms with Gasteiger partial charge in [-0.3, -0.25) is 0 Å². The molecule has 0 saturated carbocycles. The van der Waals surface area contributed by atoms with Gasteiger partial charge >= 0.3 is 0 Å². The summed E-state index contributed by atoms with van der Waals surface area (Å²) in [6.45, 7) is 7.29. The summed E-state index contributed by atoms with van der Waals surface area (Å²) in [7, 11) is 0. The molecule has 0 atom stereocenters. The zero-order valence-corrected chi connectivity index (χ0v) is 12.8. The highest BCUT2D eigenvalue weighted by atomic mass is 35.5. The average Bonchev–Trinajstić information content (AvgIpc) is 2.79. The van der Waals surface area contributed by atoms with Crippen LogP contribution in [0.4, 0.5) is 10.1 Å². The Morgan fingerprint density at radius 3 is 2.53 bits per heavy atom. The van der Waals surface area contributed by atoms with Crippen LogP contribution >= 0.6 is 22.9 Å². The number of halogens is 2. The van der Waals surface area contributed by atoms with Gasteiger partial charge in [0, 0.05) is 22.0 Å². The third-order valence-corrected chi connectivity index (χ3v) is 4.60. The zero-order chi connectivity index (χ0) is 14.0. The summed E-state index contributed by atoms with van der Waals surface area (Å²) in [5, 5.41) is 3.36. The van der Waals surface area contributed by atoms with E-state index in [4.69, 9.17) is 11.6 Å². The van der Waals surface area contributed by atoms with Gasteiger partial charge in [-0.15, -0.1) is 11.3 Å². The van der Waals surface area contributed by atoms with Crippen molar-refractivity contribution in [3.63, 3.8) is 0 Å². The van der Waals surface area contributed by atoms with Crippen LogP contribution in [0.2, 0.25) is 5.02 Å². The van der Waals surface area contributed by atoms with Crippen molar-refractivity contribution in [2.24, 2.45) is 0 Å². The van der Waals surface area contributed by atoms with Crippen molar-refractivity contribution in [1.82, 2.24) is 0 Å². The minimum absolute atomic E-state index is 0.150. The molecular formula is C15H17ClFNS. The first-order valence-corrected chi connectivity index (χ1v) is 7.34. The molecule has 0 radical (unpaired) electrons. The Morgan fingerprint density at radius 2 is 1.95 bits per heavy atom. The lowest BCUT2D eigenvalue weighted by Crippen LogP contribution is -2.07. The first-order chi connectivity index (χ1) is 8.86. The van der Waals surface area contributed by atoms with E-state index >= 15 is 0 Å². The lowest BCUT2D eigenvalue weighted by molar-refractivity contribution is 0.604. The van der Waals surface area contributed by atoms with E-state index in [1.165, 1.54) is 15.8 Å². The van der Waals surface area contributed by atoms with Gasteiger partial charge in [0.15, 0.2) is 0 Å². The van der Waals surface area contributed by atoms with Gasteiger partial charge in [0.1, 0.15) is 5.82 Å². The van der Waals surface area contributed by atoms with Gasteiger partial charge in [-0.25, -0.2) is 4.39 Å². The van der Waals surface area contributed by atoms with Crippen molar-refractivity contribution in [2.45, 2.75) is 32.7 Å². The number of hydrogen-bond acceptors (Lipinski definition) is 2. The summed E-state index contributed by atoms with van der Waals surface area (Å²) in [4.78, 5) is 2.59. The molecule has 1 N–H and O–H groups in total. The molecule has 1 aromatic heterocycles. The van der Waals surface area contributed by atoms with Gasteiger partial charge in [-0.05, 0) is 35.7 Å². The van der Waals surface area contributed by atoms with Crippen molar-refractivity contribution in [1.29, 1.82) is 0 Å². The fourth-order valence-corrected chi connectivity index (χ4v) is 2.79. The maximum absolute atomic E-state index is 13.3. The van der Waals surface area contributed by atoms with Gasteiger partial charge in [0.05, 0.1) is 5.02 Å². The molecule has 0 bridgehead atoms. The second-order valence-corrected chi connectivity index (χ2v) is 7.07. The second kappa shape index (κ2) is 5.51. The van der Waals surface area contributed by atoms with Crippen LogP contribution in [-0.4, -0.2) is 0 Å². The summed E-state index contributed by atoms with van der Waals surface area (Å²) >= 11 is 7.43. The van der Waals surface area contributed by atoms with Crippen LogP contribution in [0.15, 0.2) is 30.3 Å². The van der Waals surface area contributed by atoms with Crippen molar-refractivity contribution in [2.75, 3.05) is 5.32 Å². The lowest BCUT2D eigenvalue weighted by Gasteiger charge is -2.15. The monoisotopic (exact) mass is 297 g/mol. The van der Waals surface area contributed by atoms with Gasteiger partial charge in [0.2, 0.25) is 0 Å². The summed E-state index contributed by atoms with van der Waals surface area (Å²) < 4.78 is 13.3. The van der Waals surface area contributed by atoms with Crippen LogP contribution in [0.1, 0.15) is 30.5 Å². The van der Waals surface area contributed by atoms with E-state index in [1.807, 2.05) is 0 Å². The van der Waals surface area contributed by atoms with E-state index in [0.717, 1.165) is 5.69 Å². The topological polar surface area (TPSA) is 12.0 Å². The SMILES string of the molecule is CC(C)(C)c1ccc(CNc2ccc(Cl)c(F)c2)s1. The minimum atomic E-state index is -0.395. The summed E-state index contributed by atoms with van der Waals surface area (Å²) in [6, 6.07) is 9.03. The number of benzene rings is 1. The minimum Gasteiger partial charge on any atom is -0.380 e. The third-order valence-electron chi connectivity index (χ3n) is 2.79. The summed E-state index contributed by atoms with van der Waals surface area (Å²) in [6.07, 6.45) is 0. The van der Waals surface area contributed by atoms with Crippen LogP contribution in [0.25, 0.3) is 0 Å². The van der Waals surface area contributed by atoms with Crippen molar-refractivity contribution < 1.29 is 4.39 Å². The molecule has 0 amide bonds. The average molecular weight is 298 g/mol. The van der Waals surface area contributed by atoms with Gasteiger partial charge in [0.25, 0.3) is 0 Å². The lowest BCUT2D eigenvalue weighted by atomic mass is 9.95. The van der Waals surface area contributed by atoms with E-state index in [1.54, 1.807) is 23.5 Å². The van der Waals surface area contributed by atoms with Gasteiger partial charge < -0.3 is 5.32 Å². The molecule has 0 aliphatic heterocycles. The van der Waals surface area contributed by atoms with E-state index in [0.29, 0.717) is 6.54 Å². The third kappa shape index (κ3) is 3.71. The Labute approximate surface area is 122 Å². The first kappa shape index (κ1) is 14.4. The normalized spacial score (nSPS) is 11.6. The largest absolute Gasteiger partial charge is 0.380 e. The predicted octanol–water partition coefficient (Wildman–Crippen LogP) is 5.45. The number of anilines is 1. The molecule has 4 heteroatoms. The highest BCUT2D eigenvalue weighted by Gasteiger charge is 2.15. The highest BCUT2D eigenvalue weighted by Crippen LogP contribution is 2.30. The van der Waals surface area contributed by atoms with Gasteiger partial charge in [-0.2, -0.15) is 0 Å². The fourth-order valence-electron chi connectivity index (χ4n) is 1.67. The molecule has 1 heterocycles. The molecule has 19 heavy (non-hydrogen) atoms. The zero-order valence-electron chi connectivity index (χ0n) is 11.3. The molecule has 0 saturated heterocycles. The highest BCUT2D eigenvalue weighted by molar-refractivity contribution is 7.12. The second-order valence-electron chi connectivity index (χ2n) is 5.50. The predicted molar refractivity (Wildman–Crippen MR) is 81.8 cm³/mol. The Bertz CT molecular complexity index is 572. The Kier molecular flexibility index (Phi) is 4.16.